The molecule has 0 atom stereocenters. The molecule has 0 unspecified atom stereocenters. The van der Waals surface area contributed by atoms with Crippen LogP contribution in [0.4, 0.5) is 0 Å². The number of benzene rings is 1. The van der Waals surface area contributed by atoms with E-state index in [1.807, 2.05) is 47.9 Å². The number of hydrogen-bond donors (Lipinski definition) is 1. The highest BCUT2D eigenvalue weighted by molar-refractivity contribution is 5.94. The SMILES string of the molecule is CCNC(=NCc1ccc(C(=O)N(CC)CC)cc1)N1CCN(C(C)=O)CC1. The summed E-state index contributed by atoms with van der Waals surface area (Å²) in [7, 11) is 0. The van der Waals surface area contributed by atoms with Gasteiger partial charge in [-0.2, -0.15) is 0 Å². The Morgan fingerprint density at radius 2 is 1.57 bits per heavy atom. The number of nitrogens with one attached hydrogen (secondary N) is 1. The van der Waals surface area contributed by atoms with Gasteiger partial charge in [0, 0.05) is 58.3 Å². The van der Waals surface area contributed by atoms with E-state index >= 15 is 0 Å². The highest BCUT2D eigenvalue weighted by atomic mass is 16.2. The monoisotopic (exact) mass is 387 g/mol. The maximum absolute atomic E-state index is 12.4. The van der Waals surface area contributed by atoms with Crippen LogP contribution in [0.25, 0.3) is 0 Å². The maximum atomic E-state index is 12.4. The van der Waals surface area contributed by atoms with E-state index in [1.54, 1.807) is 6.92 Å². The molecule has 1 aromatic rings. The second kappa shape index (κ2) is 10.7. The first-order valence-electron chi connectivity index (χ1n) is 10.2. The molecule has 1 heterocycles. The van der Waals surface area contributed by atoms with Gasteiger partial charge in [-0.05, 0) is 38.5 Å². The summed E-state index contributed by atoms with van der Waals surface area (Å²) in [6, 6.07) is 7.70. The van der Waals surface area contributed by atoms with E-state index in [1.165, 1.54) is 0 Å². The summed E-state index contributed by atoms with van der Waals surface area (Å²) in [5, 5.41) is 3.34. The molecule has 7 nitrogen and oxygen atoms in total. The molecule has 0 radical (unpaired) electrons. The van der Waals surface area contributed by atoms with Crippen molar-refractivity contribution in [2.24, 2.45) is 4.99 Å². The molecule has 1 aromatic carbocycles. The van der Waals surface area contributed by atoms with Gasteiger partial charge in [-0.15, -0.1) is 0 Å². The number of rotatable bonds is 6. The number of amides is 2. The van der Waals surface area contributed by atoms with Crippen LogP contribution in [0.5, 0.6) is 0 Å². The third-order valence-electron chi connectivity index (χ3n) is 5.02. The molecule has 0 aliphatic carbocycles. The van der Waals surface area contributed by atoms with Gasteiger partial charge in [0.1, 0.15) is 0 Å². The van der Waals surface area contributed by atoms with Crippen molar-refractivity contribution in [2.75, 3.05) is 45.8 Å². The van der Waals surface area contributed by atoms with E-state index in [0.29, 0.717) is 25.2 Å². The molecule has 154 valence electrons. The molecule has 1 aliphatic heterocycles. The van der Waals surface area contributed by atoms with Crippen molar-refractivity contribution in [1.82, 2.24) is 20.0 Å². The van der Waals surface area contributed by atoms with Crippen molar-refractivity contribution in [2.45, 2.75) is 34.2 Å². The molecule has 28 heavy (non-hydrogen) atoms. The molecule has 1 aliphatic rings. The smallest absolute Gasteiger partial charge is 0.253 e. The van der Waals surface area contributed by atoms with E-state index in [2.05, 4.69) is 17.1 Å². The molecule has 0 spiro atoms. The number of piperazine rings is 1. The van der Waals surface area contributed by atoms with Crippen LogP contribution in [0.3, 0.4) is 0 Å². The molecule has 2 rings (SSSR count). The van der Waals surface area contributed by atoms with Crippen LogP contribution in [-0.2, 0) is 11.3 Å². The minimum Gasteiger partial charge on any atom is -0.357 e. The predicted octanol–water partition coefficient (Wildman–Crippen LogP) is 1.80. The zero-order valence-electron chi connectivity index (χ0n) is 17.6. The number of carbonyl (C=O) groups is 2. The molecule has 1 N–H and O–H groups in total. The fourth-order valence-corrected chi connectivity index (χ4v) is 3.27. The van der Waals surface area contributed by atoms with Gasteiger partial charge in [0.2, 0.25) is 5.91 Å². The second-order valence-electron chi connectivity index (χ2n) is 6.84. The van der Waals surface area contributed by atoms with E-state index in [-0.39, 0.29) is 11.8 Å². The van der Waals surface area contributed by atoms with Gasteiger partial charge in [-0.1, -0.05) is 12.1 Å². The lowest BCUT2D eigenvalue weighted by Gasteiger charge is -2.36. The number of nitrogens with zero attached hydrogens (tertiary/aromatic N) is 4. The van der Waals surface area contributed by atoms with Gasteiger partial charge in [-0.3, -0.25) is 9.59 Å². The number of aliphatic imine (C=N–C) groups is 1. The van der Waals surface area contributed by atoms with E-state index < -0.39 is 0 Å². The average molecular weight is 388 g/mol. The summed E-state index contributed by atoms with van der Waals surface area (Å²) in [6.07, 6.45) is 0. The lowest BCUT2D eigenvalue weighted by Crippen LogP contribution is -2.53. The highest BCUT2D eigenvalue weighted by Crippen LogP contribution is 2.10. The molecule has 7 heteroatoms. The van der Waals surface area contributed by atoms with Crippen LogP contribution in [-0.4, -0.2) is 78.3 Å². The topological polar surface area (TPSA) is 68.2 Å². The van der Waals surface area contributed by atoms with E-state index in [0.717, 1.165) is 44.2 Å². The van der Waals surface area contributed by atoms with Crippen LogP contribution >= 0.6 is 0 Å². The van der Waals surface area contributed by atoms with Crippen LogP contribution in [0.1, 0.15) is 43.6 Å². The quantitative estimate of drug-likeness (QED) is 0.597. The highest BCUT2D eigenvalue weighted by Gasteiger charge is 2.20. The van der Waals surface area contributed by atoms with Gasteiger partial charge in [0.15, 0.2) is 5.96 Å². The number of guanidine groups is 1. The lowest BCUT2D eigenvalue weighted by molar-refractivity contribution is -0.130. The minimum absolute atomic E-state index is 0.0664. The Bertz CT molecular complexity index is 675. The Hall–Kier alpha value is -2.57. The molecule has 0 bridgehead atoms. The Morgan fingerprint density at radius 1 is 1.00 bits per heavy atom. The standard InChI is InChI=1S/C21H33N5O2/c1-5-22-21(26-14-12-25(13-15-26)17(4)27)23-16-18-8-10-19(11-9-18)20(28)24(6-2)7-3/h8-11H,5-7,12-16H2,1-4H3,(H,22,23). The van der Waals surface area contributed by atoms with Crippen molar-refractivity contribution in [3.63, 3.8) is 0 Å². The fourth-order valence-electron chi connectivity index (χ4n) is 3.27. The summed E-state index contributed by atoms with van der Waals surface area (Å²) in [4.78, 5) is 34.5. The maximum Gasteiger partial charge on any atom is 0.253 e. The van der Waals surface area contributed by atoms with Crippen LogP contribution in [0, 0.1) is 0 Å². The first kappa shape index (κ1) is 21.7. The van der Waals surface area contributed by atoms with Crippen LogP contribution in [0.15, 0.2) is 29.3 Å². The Kier molecular flexibility index (Phi) is 8.29. The summed E-state index contributed by atoms with van der Waals surface area (Å²) in [5.41, 5.74) is 1.78. The van der Waals surface area contributed by atoms with Gasteiger partial charge in [0.05, 0.1) is 6.54 Å². The first-order valence-corrected chi connectivity index (χ1v) is 10.2. The normalized spacial score (nSPS) is 14.8. The molecular formula is C21H33N5O2. The molecule has 0 aromatic heterocycles. The second-order valence-corrected chi connectivity index (χ2v) is 6.84. The molecule has 0 saturated carbocycles. The summed E-state index contributed by atoms with van der Waals surface area (Å²) in [6.45, 7) is 13.4. The van der Waals surface area contributed by atoms with Crippen molar-refractivity contribution in [3.8, 4) is 0 Å². The number of carbonyl (C=O) groups excluding carboxylic acids is 2. The third-order valence-corrected chi connectivity index (χ3v) is 5.02. The largest absolute Gasteiger partial charge is 0.357 e. The van der Waals surface area contributed by atoms with Crippen molar-refractivity contribution in [1.29, 1.82) is 0 Å². The average Bonchev–Trinajstić information content (AvgIpc) is 2.72. The molecule has 1 fully saturated rings. The minimum atomic E-state index is 0.0664. The van der Waals surface area contributed by atoms with E-state index in [9.17, 15) is 9.59 Å². The van der Waals surface area contributed by atoms with Gasteiger partial charge in [-0.25, -0.2) is 4.99 Å². The van der Waals surface area contributed by atoms with Gasteiger partial charge >= 0.3 is 0 Å². The molecule has 1 saturated heterocycles. The third kappa shape index (κ3) is 5.71. The van der Waals surface area contributed by atoms with Crippen molar-refractivity contribution in [3.05, 3.63) is 35.4 Å². The van der Waals surface area contributed by atoms with Crippen LogP contribution < -0.4 is 5.32 Å². The molecule has 2 amide bonds. The van der Waals surface area contributed by atoms with Crippen molar-refractivity contribution < 1.29 is 9.59 Å². The summed E-state index contributed by atoms with van der Waals surface area (Å²) in [5.74, 6) is 1.06. The zero-order valence-corrected chi connectivity index (χ0v) is 17.6. The Labute approximate surface area is 168 Å². The zero-order chi connectivity index (χ0) is 20.5. The Morgan fingerprint density at radius 3 is 2.07 bits per heavy atom. The number of hydrogen-bond acceptors (Lipinski definition) is 3. The summed E-state index contributed by atoms with van der Waals surface area (Å²) >= 11 is 0. The van der Waals surface area contributed by atoms with Gasteiger partial charge in [0.25, 0.3) is 5.91 Å². The van der Waals surface area contributed by atoms with E-state index in [4.69, 9.17) is 4.99 Å². The Balaban J connectivity index is 2.01. The fraction of sp³-hybridized carbons (Fsp3) is 0.571. The summed E-state index contributed by atoms with van der Waals surface area (Å²) < 4.78 is 0. The molecular weight excluding hydrogens is 354 g/mol. The first-order chi connectivity index (χ1) is 13.5. The lowest BCUT2D eigenvalue weighted by atomic mass is 10.1. The van der Waals surface area contributed by atoms with Crippen LogP contribution in [0.2, 0.25) is 0 Å². The van der Waals surface area contributed by atoms with Crippen molar-refractivity contribution >= 4 is 17.8 Å². The predicted molar refractivity (Wildman–Crippen MR) is 112 cm³/mol. The van der Waals surface area contributed by atoms with Gasteiger partial charge < -0.3 is 20.0 Å².